The molecule has 0 aliphatic heterocycles. The van der Waals surface area contributed by atoms with E-state index in [-0.39, 0.29) is 4.90 Å². The maximum Gasteiger partial charge on any atom is 0.294 e. The summed E-state index contributed by atoms with van der Waals surface area (Å²) in [6.45, 7) is 8.02. The monoisotopic (exact) mass is 445 g/mol. The van der Waals surface area contributed by atoms with Gasteiger partial charge in [-0.25, -0.2) is 0 Å². The second-order valence-electron chi connectivity index (χ2n) is 6.44. The van der Waals surface area contributed by atoms with Crippen molar-refractivity contribution in [2.45, 2.75) is 32.6 Å². The molecule has 0 unspecified atom stereocenters. The summed E-state index contributed by atoms with van der Waals surface area (Å²) < 4.78 is 29.4. The van der Waals surface area contributed by atoms with E-state index in [0.29, 0.717) is 5.69 Å². The van der Waals surface area contributed by atoms with Gasteiger partial charge in [-0.05, 0) is 85.6 Å². The highest BCUT2D eigenvalue weighted by Crippen LogP contribution is 2.21. The molecule has 0 saturated carbocycles. The van der Waals surface area contributed by atoms with E-state index in [1.165, 1.54) is 24.3 Å². The maximum atomic E-state index is 10.5. The number of hydrogen-bond acceptors (Lipinski definition) is 7. The standard InChI is InChI=1S/C14H18N4.C6H7NO3S.C2H6/c1-9-7-11(15)3-5-13(9)17-18-14-6-4-12(16)8-10(14)2;7-5-1-3-6(4-2-5)11(8,9)10;1-2/h3-8,17-18H,15-16H2,1-2H3;1-4H,7H2,(H,8,9,10);1-2H3. The summed E-state index contributed by atoms with van der Waals surface area (Å²) in [6, 6.07) is 16.8. The molecular weight excluding hydrogens is 414 g/mol. The van der Waals surface area contributed by atoms with E-state index in [0.717, 1.165) is 33.9 Å². The van der Waals surface area contributed by atoms with Gasteiger partial charge in [0.2, 0.25) is 0 Å². The van der Waals surface area contributed by atoms with Gasteiger partial charge in [0.15, 0.2) is 0 Å². The molecule has 9 heteroatoms. The molecule has 0 aromatic heterocycles. The number of hydrogen-bond donors (Lipinski definition) is 6. The first-order chi connectivity index (χ1) is 14.6. The second-order valence-corrected chi connectivity index (χ2v) is 7.86. The van der Waals surface area contributed by atoms with Gasteiger partial charge in [0, 0.05) is 17.1 Å². The fourth-order valence-corrected chi connectivity index (χ4v) is 2.91. The lowest BCUT2D eigenvalue weighted by Gasteiger charge is -2.14. The van der Waals surface area contributed by atoms with Gasteiger partial charge < -0.3 is 28.1 Å². The minimum Gasteiger partial charge on any atom is -0.399 e. The Morgan fingerprint density at radius 1 is 0.677 bits per heavy atom. The van der Waals surface area contributed by atoms with Crippen LogP contribution in [0, 0.1) is 13.8 Å². The molecule has 0 saturated heterocycles. The fraction of sp³-hybridized carbons (Fsp3) is 0.182. The van der Waals surface area contributed by atoms with E-state index in [1.807, 2.05) is 64.1 Å². The molecule has 0 amide bonds. The second kappa shape index (κ2) is 11.7. The first-order valence-corrected chi connectivity index (χ1v) is 11.1. The van der Waals surface area contributed by atoms with Gasteiger partial charge in [-0.3, -0.25) is 4.55 Å². The van der Waals surface area contributed by atoms with Crippen molar-refractivity contribution < 1.29 is 13.0 Å². The van der Waals surface area contributed by atoms with Crippen LogP contribution >= 0.6 is 0 Å². The number of benzene rings is 3. The average Bonchev–Trinajstić information content (AvgIpc) is 2.70. The normalized spacial score (nSPS) is 10.1. The van der Waals surface area contributed by atoms with Crippen molar-refractivity contribution in [1.29, 1.82) is 0 Å². The van der Waals surface area contributed by atoms with Crippen LogP contribution in [0.25, 0.3) is 0 Å². The van der Waals surface area contributed by atoms with Crippen molar-refractivity contribution in [2.75, 3.05) is 28.1 Å². The maximum absolute atomic E-state index is 10.5. The Labute approximate surface area is 184 Å². The van der Waals surface area contributed by atoms with Crippen molar-refractivity contribution in [3.05, 3.63) is 71.8 Å². The van der Waals surface area contributed by atoms with Crippen LogP contribution in [0.15, 0.2) is 65.6 Å². The third-order valence-electron chi connectivity index (χ3n) is 4.01. The number of nitrogen functional groups attached to an aromatic ring is 3. The summed E-state index contributed by atoms with van der Waals surface area (Å²) >= 11 is 0. The van der Waals surface area contributed by atoms with Crippen molar-refractivity contribution in [3.8, 4) is 0 Å². The molecule has 0 heterocycles. The number of anilines is 5. The number of nitrogens with one attached hydrogen (secondary N) is 2. The Hall–Kier alpha value is -3.43. The van der Waals surface area contributed by atoms with Crippen molar-refractivity contribution in [3.63, 3.8) is 0 Å². The Balaban J connectivity index is 0.000000317. The average molecular weight is 446 g/mol. The van der Waals surface area contributed by atoms with Crippen LogP contribution in [0.4, 0.5) is 28.4 Å². The van der Waals surface area contributed by atoms with E-state index in [1.54, 1.807) is 0 Å². The molecule has 0 spiro atoms. The van der Waals surface area contributed by atoms with Crippen LogP contribution in [0.3, 0.4) is 0 Å². The quantitative estimate of drug-likeness (QED) is 0.195. The van der Waals surface area contributed by atoms with Gasteiger partial charge in [-0.1, -0.05) is 13.8 Å². The molecule has 0 bridgehead atoms. The number of hydrazine groups is 1. The van der Waals surface area contributed by atoms with Crippen LogP contribution in [-0.4, -0.2) is 13.0 Å². The molecule has 0 atom stereocenters. The number of aryl methyl sites for hydroxylation is 2. The molecule has 3 rings (SSSR count). The van der Waals surface area contributed by atoms with Gasteiger partial charge in [-0.2, -0.15) is 8.42 Å². The molecule has 31 heavy (non-hydrogen) atoms. The zero-order valence-electron chi connectivity index (χ0n) is 18.2. The van der Waals surface area contributed by atoms with Crippen molar-refractivity contribution in [2.24, 2.45) is 0 Å². The van der Waals surface area contributed by atoms with Crippen LogP contribution in [0.2, 0.25) is 0 Å². The predicted octanol–water partition coefficient (Wildman–Crippen LogP) is 4.45. The summed E-state index contributed by atoms with van der Waals surface area (Å²) in [5.41, 5.74) is 29.2. The third kappa shape index (κ3) is 8.45. The molecule has 3 aromatic carbocycles. The highest BCUT2D eigenvalue weighted by atomic mass is 32.2. The highest BCUT2D eigenvalue weighted by molar-refractivity contribution is 7.85. The lowest BCUT2D eigenvalue weighted by atomic mass is 10.2. The largest absolute Gasteiger partial charge is 0.399 e. The molecule has 0 fully saturated rings. The molecule has 0 radical (unpaired) electrons. The fourth-order valence-electron chi connectivity index (χ4n) is 2.43. The Bertz CT molecular complexity index is 1030. The van der Waals surface area contributed by atoms with E-state index < -0.39 is 10.1 Å². The Kier molecular flexibility index (Phi) is 9.65. The third-order valence-corrected chi connectivity index (χ3v) is 4.88. The van der Waals surface area contributed by atoms with E-state index in [4.69, 9.17) is 21.8 Å². The number of rotatable bonds is 4. The summed E-state index contributed by atoms with van der Waals surface area (Å²) in [6.07, 6.45) is 0. The first kappa shape index (κ1) is 25.6. The number of nitrogens with two attached hydrogens (primary N) is 3. The Morgan fingerprint density at radius 2 is 1.03 bits per heavy atom. The van der Waals surface area contributed by atoms with Gasteiger partial charge in [0.05, 0.1) is 16.3 Å². The van der Waals surface area contributed by atoms with Gasteiger partial charge in [0.1, 0.15) is 0 Å². The van der Waals surface area contributed by atoms with Crippen LogP contribution in [0.1, 0.15) is 25.0 Å². The predicted molar refractivity (Wildman–Crippen MR) is 130 cm³/mol. The summed E-state index contributed by atoms with van der Waals surface area (Å²) in [4.78, 5) is -0.147. The van der Waals surface area contributed by atoms with Crippen LogP contribution < -0.4 is 28.1 Å². The van der Waals surface area contributed by atoms with E-state index >= 15 is 0 Å². The molecule has 8 nitrogen and oxygen atoms in total. The van der Waals surface area contributed by atoms with Gasteiger partial charge in [-0.15, -0.1) is 0 Å². The molecule has 9 N–H and O–H groups in total. The van der Waals surface area contributed by atoms with Crippen LogP contribution in [-0.2, 0) is 10.1 Å². The van der Waals surface area contributed by atoms with Gasteiger partial charge >= 0.3 is 0 Å². The molecule has 3 aromatic rings. The lowest BCUT2D eigenvalue weighted by Crippen LogP contribution is -2.11. The van der Waals surface area contributed by atoms with Crippen molar-refractivity contribution >= 4 is 38.6 Å². The van der Waals surface area contributed by atoms with Crippen molar-refractivity contribution in [1.82, 2.24) is 0 Å². The molecule has 0 aliphatic rings. The minimum atomic E-state index is -4.08. The highest BCUT2D eigenvalue weighted by Gasteiger charge is 2.07. The van der Waals surface area contributed by atoms with Crippen LogP contribution in [0.5, 0.6) is 0 Å². The zero-order chi connectivity index (χ0) is 23.6. The first-order valence-electron chi connectivity index (χ1n) is 9.63. The zero-order valence-corrected chi connectivity index (χ0v) is 19.0. The molecule has 0 aliphatic carbocycles. The minimum absolute atomic E-state index is 0.147. The summed E-state index contributed by atoms with van der Waals surface area (Å²) in [5.74, 6) is 0. The lowest BCUT2D eigenvalue weighted by molar-refractivity contribution is 0.483. The van der Waals surface area contributed by atoms with E-state index in [9.17, 15) is 8.42 Å². The molecule has 168 valence electrons. The van der Waals surface area contributed by atoms with Gasteiger partial charge in [0.25, 0.3) is 10.1 Å². The van der Waals surface area contributed by atoms with E-state index in [2.05, 4.69) is 10.9 Å². The smallest absolute Gasteiger partial charge is 0.294 e. The Morgan fingerprint density at radius 3 is 1.35 bits per heavy atom. The summed E-state index contributed by atoms with van der Waals surface area (Å²) in [7, 11) is -4.08. The SMILES string of the molecule is CC.Cc1cc(N)ccc1NNc1ccc(N)cc1C.Nc1ccc(S(=O)(=O)O)cc1. The molecular formula is C22H31N5O3S. The topological polar surface area (TPSA) is 156 Å². The summed E-state index contributed by atoms with van der Waals surface area (Å²) in [5, 5.41) is 0.